The van der Waals surface area contributed by atoms with Gasteiger partial charge in [0.15, 0.2) is 0 Å². The Hall–Kier alpha value is -1.62. The highest BCUT2D eigenvalue weighted by atomic mass is 16.2. The summed E-state index contributed by atoms with van der Waals surface area (Å²) in [4.78, 5) is 18.6. The molecule has 1 saturated heterocycles. The lowest BCUT2D eigenvalue weighted by molar-refractivity contribution is 0.0582. The van der Waals surface area contributed by atoms with Gasteiger partial charge in [-0.3, -0.25) is 15.6 Å². The van der Waals surface area contributed by atoms with E-state index in [4.69, 9.17) is 5.84 Å². The van der Waals surface area contributed by atoms with Crippen molar-refractivity contribution < 1.29 is 4.79 Å². The van der Waals surface area contributed by atoms with Crippen molar-refractivity contribution in [2.75, 3.05) is 18.5 Å². The number of rotatable bonds is 2. The standard InChI is InChI=1S/C15H22N4O/c16-18-12-3-8-17-13(11-12)14(20)19-9-6-15(7-10-19)4-1-2-5-15/h3,8,11H,1-2,4-7,9-10,16H2,(H,17,18). The van der Waals surface area contributed by atoms with E-state index in [2.05, 4.69) is 10.4 Å². The van der Waals surface area contributed by atoms with Crippen LogP contribution in [-0.2, 0) is 0 Å². The molecule has 0 radical (unpaired) electrons. The maximum absolute atomic E-state index is 12.5. The van der Waals surface area contributed by atoms with Gasteiger partial charge in [-0.25, -0.2) is 0 Å². The number of piperidine rings is 1. The third-order valence-corrected chi connectivity index (χ3v) is 4.92. The van der Waals surface area contributed by atoms with Crippen molar-refractivity contribution in [1.82, 2.24) is 9.88 Å². The minimum Gasteiger partial charge on any atom is -0.337 e. The zero-order valence-corrected chi connectivity index (χ0v) is 11.8. The van der Waals surface area contributed by atoms with E-state index in [0.717, 1.165) is 25.9 Å². The summed E-state index contributed by atoms with van der Waals surface area (Å²) in [5.74, 6) is 5.40. The second-order valence-electron chi connectivity index (χ2n) is 6.07. The largest absolute Gasteiger partial charge is 0.337 e. The second-order valence-corrected chi connectivity index (χ2v) is 6.07. The first kappa shape index (κ1) is 13.4. The van der Waals surface area contributed by atoms with Crippen LogP contribution in [0.5, 0.6) is 0 Å². The summed E-state index contributed by atoms with van der Waals surface area (Å²) in [6, 6.07) is 3.46. The third-order valence-electron chi connectivity index (χ3n) is 4.92. The van der Waals surface area contributed by atoms with Crippen molar-refractivity contribution in [3.63, 3.8) is 0 Å². The highest BCUT2D eigenvalue weighted by Gasteiger charge is 2.38. The van der Waals surface area contributed by atoms with Crippen LogP contribution in [0.3, 0.4) is 0 Å². The number of aromatic nitrogens is 1. The van der Waals surface area contributed by atoms with E-state index in [0.29, 0.717) is 16.8 Å². The lowest BCUT2D eigenvalue weighted by Gasteiger charge is -2.39. The lowest BCUT2D eigenvalue weighted by Crippen LogP contribution is -2.42. The average molecular weight is 274 g/mol. The average Bonchev–Trinajstić information content (AvgIpc) is 2.96. The fourth-order valence-electron chi connectivity index (χ4n) is 3.61. The summed E-state index contributed by atoms with van der Waals surface area (Å²) in [5, 5.41) is 0. The van der Waals surface area contributed by atoms with Gasteiger partial charge in [-0.1, -0.05) is 12.8 Å². The number of hydrazine groups is 1. The summed E-state index contributed by atoms with van der Waals surface area (Å²) in [6.45, 7) is 1.72. The summed E-state index contributed by atoms with van der Waals surface area (Å²) in [6.07, 6.45) is 9.32. The molecule has 2 heterocycles. The van der Waals surface area contributed by atoms with Crippen molar-refractivity contribution in [2.45, 2.75) is 38.5 Å². The maximum atomic E-state index is 12.5. The van der Waals surface area contributed by atoms with Crippen molar-refractivity contribution in [2.24, 2.45) is 11.3 Å². The molecule has 5 nitrogen and oxygen atoms in total. The normalized spacial score (nSPS) is 21.1. The number of hydrogen-bond acceptors (Lipinski definition) is 4. The van der Waals surface area contributed by atoms with Crippen molar-refractivity contribution in [3.05, 3.63) is 24.0 Å². The molecule has 3 rings (SSSR count). The second kappa shape index (κ2) is 5.40. The molecule has 1 amide bonds. The van der Waals surface area contributed by atoms with Gasteiger partial charge in [0.2, 0.25) is 0 Å². The Morgan fingerprint density at radius 2 is 1.95 bits per heavy atom. The van der Waals surface area contributed by atoms with Gasteiger partial charge in [0.1, 0.15) is 5.69 Å². The van der Waals surface area contributed by atoms with E-state index in [9.17, 15) is 4.79 Å². The summed E-state index contributed by atoms with van der Waals surface area (Å²) < 4.78 is 0. The van der Waals surface area contributed by atoms with Crippen LogP contribution in [0.1, 0.15) is 49.0 Å². The minimum absolute atomic E-state index is 0.0231. The predicted molar refractivity (Wildman–Crippen MR) is 78.1 cm³/mol. The molecule has 2 fully saturated rings. The smallest absolute Gasteiger partial charge is 0.272 e. The first-order chi connectivity index (χ1) is 9.72. The van der Waals surface area contributed by atoms with E-state index < -0.39 is 0 Å². The van der Waals surface area contributed by atoms with Crippen LogP contribution in [0.25, 0.3) is 0 Å². The molecule has 20 heavy (non-hydrogen) atoms. The van der Waals surface area contributed by atoms with Crippen LogP contribution >= 0.6 is 0 Å². The first-order valence-electron chi connectivity index (χ1n) is 7.44. The van der Waals surface area contributed by atoms with Gasteiger partial charge < -0.3 is 10.3 Å². The number of amides is 1. The maximum Gasteiger partial charge on any atom is 0.272 e. The molecule has 5 heteroatoms. The monoisotopic (exact) mass is 274 g/mol. The SMILES string of the molecule is NNc1ccnc(C(=O)N2CCC3(CCCC3)CC2)c1. The Bertz CT molecular complexity index is 486. The van der Waals surface area contributed by atoms with E-state index in [-0.39, 0.29) is 5.91 Å². The molecule has 1 aromatic rings. The molecule has 0 unspecified atom stereocenters. The Labute approximate surface area is 119 Å². The van der Waals surface area contributed by atoms with Crippen molar-refractivity contribution >= 4 is 11.6 Å². The predicted octanol–water partition coefficient (Wildman–Crippen LogP) is 2.16. The van der Waals surface area contributed by atoms with Gasteiger partial charge in [0.25, 0.3) is 5.91 Å². The highest BCUT2D eigenvalue weighted by Crippen LogP contribution is 2.46. The molecular weight excluding hydrogens is 252 g/mol. The molecule has 1 saturated carbocycles. The Morgan fingerprint density at radius 3 is 2.60 bits per heavy atom. The molecule has 1 aliphatic carbocycles. The van der Waals surface area contributed by atoms with Crippen LogP contribution in [0.4, 0.5) is 5.69 Å². The van der Waals surface area contributed by atoms with Gasteiger partial charge in [-0.15, -0.1) is 0 Å². The molecular formula is C15H22N4O. The Kier molecular flexibility index (Phi) is 3.61. The number of nitrogens with two attached hydrogens (primary N) is 1. The third kappa shape index (κ3) is 2.50. The number of anilines is 1. The summed E-state index contributed by atoms with van der Waals surface area (Å²) in [5.41, 5.74) is 4.28. The highest BCUT2D eigenvalue weighted by molar-refractivity contribution is 5.93. The number of hydrogen-bond donors (Lipinski definition) is 2. The van der Waals surface area contributed by atoms with Gasteiger partial charge in [0, 0.05) is 19.3 Å². The number of pyridine rings is 1. The fourth-order valence-corrected chi connectivity index (χ4v) is 3.61. The van der Waals surface area contributed by atoms with E-state index >= 15 is 0 Å². The number of nitrogen functional groups attached to an aromatic ring is 1. The van der Waals surface area contributed by atoms with E-state index in [1.54, 1.807) is 18.3 Å². The van der Waals surface area contributed by atoms with Crippen LogP contribution in [0.2, 0.25) is 0 Å². The summed E-state index contributed by atoms with van der Waals surface area (Å²) in [7, 11) is 0. The molecule has 0 bridgehead atoms. The lowest BCUT2D eigenvalue weighted by atomic mass is 9.77. The quantitative estimate of drug-likeness (QED) is 0.640. The molecule has 3 N–H and O–H groups in total. The number of nitrogens with zero attached hydrogens (tertiary/aromatic N) is 2. The van der Waals surface area contributed by atoms with Gasteiger partial charge in [-0.05, 0) is 43.2 Å². The van der Waals surface area contributed by atoms with E-state index in [1.807, 2.05) is 4.90 Å². The van der Waals surface area contributed by atoms with Crippen molar-refractivity contribution in [1.29, 1.82) is 0 Å². The first-order valence-corrected chi connectivity index (χ1v) is 7.44. The summed E-state index contributed by atoms with van der Waals surface area (Å²) >= 11 is 0. The van der Waals surface area contributed by atoms with Gasteiger partial charge in [0.05, 0.1) is 5.69 Å². The molecule has 1 aliphatic heterocycles. The molecule has 0 atom stereocenters. The fraction of sp³-hybridized carbons (Fsp3) is 0.600. The Balaban J connectivity index is 1.66. The van der Waals surface area contributed by atoms with Crippen LogP contribution in [0, 0.1) is 5.41 Å². The van der Waals surface area contributed by atoms with Gasteiger partial charge >= 0.3 is 0 Å². The Morgan fingerprint density at radius 1 is 1.25 bits per heavy atom. The van der Waals surface area contributed by atoms with Gasteiger partial charge in [-0.2, -0.15) is 0 Å². The number of likely N-dealkylation sites (tertiary alicyclic amines) is 1. The zero-order chi connectivity index (χ0) is 14.0. The zero-order valence-electron chi connectivity index (χ0n) is 11.8. The van der Waals surface area contributed by atoms with Crippen LogP contribution < -0.4 is 11.3 Å². The molecule has 1 aromatic heterocycles. The molecule has 0 aromatic carbocycles. The topological polar surface area (TPSA) is 71.2 Å². The van der Waals surface area contributed by atoms with Crippen LogP contribution in [-0.4, -0.2) is 28.9 Å². The van der Waals surface area contributed by atoms with E-state index in [1.165, 1.54) is 25.7 Å². The number of carbonyl (C=O) groups is 1. The number of carbonyl (C=O) groups excluding carboxylic acids is 1. The number of nitrogens with one attached hydrogen (secondary N) is 1. The molecule has 1 spiro atoms. The van der Waals surface area contributed by atoms with Crippen molar-refractivity contribution in [3.8, 4) is 0 Å². The van der Waals surface area contributed by atoms with Crippen LogP contribution in [0.15, 0.2) is 18.3 Å². The molecule has 108 valence electrons. The minimum atomic E-state index is 0.0231. The molecule has 2 aliphatic rings.